The number of nitrogens with one attached hydrogen (secondary N) is 1. The molecular formula is C14H8ClFN4OS. The first kappa shape index (κ1) is 14.6. The number of carbonyl (C=O) groups is 1. The van der Waals surface area contributed by atoms with Crippen molar-refractivity contribution < 1.29 is 9.18 Å². The van der Waals surface area contributed by atoms with Crippen molar-refractivity contribution >= 4 is 34.5 Å². The van der Waals surface area contributed by atoms with Gasteiger partial charge < -0.3 is 5.32 Å². The van der Waals surface area contributed by atoms with Crippen LogP contribution in [-0.2, 0) is 0 Å². The third-order valence-electron chi connectivity index (χ3n) is 2.61. The van der Waals surface area contributed by atoms with Gasteiger partial charge >= 0.3 is 0 Å². The number of hydrogen-bond donors (Lipinski definition) is 1. The normalized spacial score (nSPS) is 10.5. The summed E-state index contributed by atoms with van der Waals surface area (Å²) in [4.78, 5) is 24.7. The van der Waals surface area contributed by atoms with Gasteiger partial charge in [0, 0.05) is 23.1 Å². The molecule has 0 spiro atoms. The minimum absolute atomic E-state index is 0.206. The smallest absolute Gasteiger partial charge is 0.267 e. The first-order chi connectivity index (χ1) is 10.6. The second kappa shape index (κ2) is 6.17. The zero-order valence-electron chi connectivity index (χ0n) is 11.0. The number of nitrogens with zero attached hydrogens (tertiary/aromatic N) is 3. The average molecular weight is 335 g/mol. The molecular weight excluding hydrogens is 327 g/mol. The van der Waals surface area contributed by atoms with Crippen molar-refractivity contribution in [2.24, 2.45) is 0 Å². The van der Waals surface area contributed by atoms with Gasteiger partial charge in [0.05, 0.1) is 6.20 Å². The number of thiazole rings is 1. The summed E-state index contributed by atoms with van der Waals surface area (Å²) in [6.45, 7) is 0. The van der Waals surface area contributed by atoms with E-state index in [-0.39, 0.29) is 10.7 Å². The number of benzene rings is 1. The van der Waals surface area contributed by atoms with E-state index in [1.54, 1.807) is 18.5 Å². The van der Waals surface area contributed by atoms with E-state index in [4.69, 9.17) is 11.6 Å². The fourth-order valence-electron chi connectivity index (χ4n) is 1.71. The highest BCUT2D eigenvalue weighted by Crippen LogP contribution is 2.23. The van der Waals surface area contributed by atoms with Gasteiger partial charge in [-0.25, -0.2) is 19.3 Å². The topological polar surface area (TPSA) is 67.8 Å². The van der Waals surface area contributed by atoms with E-state index in [2.05, 4.69) is 20.3 Å². The monoisotopic (exact) mass is 334 g/mol. The molecule has 0 radical (unpaired) electrons. The molecule has 110 valence electrons. The van der Waals surface area contributed by atoms with Gasteiger partial charge in [0.15, 0.2) is 10.8 Å². The zero-order chi connectivity index (χ0) is 15.5. The number of carbonyl (C=O) groups excluding carboxylic acids is 1. The molecule has 1 aromatic carbocycles. The molecule has 22 heavy (non-hydrogen) atoms. The largest absolute Gasteiger partial charge is 0.321 e. The lowest BCUT2D eigenvalue weighted by Gasteiger charge is -2.03. The van der Waals surface area contributed by atoms with Crippen LogP contribution in [0.1, 0.15) is 9.67 Å². The minimum Gasteiger partial charge on any atom is -0.321 e. The Morgan fingerprint density at radius 3 is 2.68 bits per heavy atom. The van der Waals surface area contributed by atoms with Crippen molar-refractivity contribution in [3.05, 3.63) is 58.6 Å². The maximum Gasteiger partial charge on any atom is 0.267 e. The average Bonchev–Trinajstić information content (AvgIpc) is 2.97. The highest BCUT2D eigenvalue weighted by Gasteiger charge is 2.13. The molecule has 2 aromatic heterocycles. The molecule has 1 amide bonds. The van der Waals surface area contributed by atoms with Crippen molar-refractivity contribution in [2.45, 2.75) is 0 Å². The lowest BCUT2D eigenvalue weighted by atomic mass is 10.3. The van der Waals surface area contributed by atoms with Crippen LogP contribution in [0.25, 0.3) is 10.8 Å². The van der Waals surface area contributed by atoms with E-state index in [9.17, 15) is 9.18 Å². The Morgan fingerprint density at radius 1 is 1.18 bits per heavy atom. The van der Waals surface area contributed by atoms with Crippen LogP contribution in [0.5, 0.6) is 0 Å². The van der Waals surface area contributed by atoms with Crippen LogP contribution in [0, 0.1) is 5.82 Å². The van der Waals surface area contributed by atoms with E-state index in [1.165, 1.54) is 18.3 Å². The van der Waals surface area contributed by atoms with E-state index in [0.717, 1.165) is 17.4 Å². The zero-order valence-corrected chi connectivity index (χ0v) is 12.5. The summed E-state index contributed by atoms with van der Waals surface area (Å²) < 4.78 is 13.2. The Labute approximate surface area is 133 Å². The fraction of sp³-hybridized carbons (Fsp3) is 0. The van der Waals surface area contributed by atoms with Gasteiger partial charge in [-0.3, -0.25) is 4.79 Å². The number of anilines is 1. The third-order valence-corrected chi connectivity index (χ3v) is 3.82. The Balaban J connectivity index is 1.80. The molecule has 0 unspecified atom stereocenters. The second-order valence-electron chi connectivity index (χ2n) is 4.21. The number of rotatable bonds is 3. The van der Waals surface area contributed by atoms with Crippen LogP contribution in [-0.4, -0.2) is 20.9 Å². The molecule has 0 atom stereocenters. The number of aromatic nitrogens is 3. The van der Waals surface area contributed by atoms with E-state index in [1.807, 2.05) is 0 Å². The van der Waals surface area contributed by atoms with Crippen LogP contribution in [0.3, 0.4) is 0 Å². The summed E-state index contributed by atoms with van der Waals surface area (Å²) in [6.07, 6.45) is 4.61. The number of halogens is 2. The highest BCUT2D eigenvalue weighted by molar-refractivity contribution is 7.16. The Kier molecular flexibility index (Phi) is 4.08. The van der Waals surface area contributed by atoms with Crippen molar-refractivity contribution in [3.63, 3.8) is 0 Å². The van der Waals surface area contributed by atoms with E-state index >= 15 is 0 Å². The van der Waals surface area contributed by atoms with Crippen LogP contribution in [0.4, 0.5) is 10.1 Å². The molecule has 3 aromatic rings. The Hall–Kier alpha value is -2.38. The molecule has 5 nitrogen and oxygen atoms in total. The van der Waals surface area contributed by atoms with Crippen molar-refractivity contribution in [3.8, 4) is 10.8 Å². The molecule has 0 saturated carbocycles. The van der Waals surface area contributed by atoms with Crippen molar-refractivity contribution in [1.29, 1.82) is 0 Å². The highest BCUT2D eigenvalue weighted by atomic mass is 35.5. The first-order valence-corrected chi connectivity index (χ1v) is 7.32. The van der Waals surface area contributed by atoms with E-state index < -0.39 is 11.7 Å². The minimum atomic E-state index is -0.523. The lowest BCUT2D eigenvalue weighted by Crippen LogP contribution is -2.10. The predicted octanol–water partition coefficient (Wildman–Crippen LogP) is 3.64. The van der Waals surface area contributed by atoms with Crippen LogP contribution in [0.2, 0.25) is 5.02 Å². The molecule has 0 aliphatic rings. The van der Waals surface area contributed by atoms with E-state index in [0.29, 0.717) is 15.7 Å². The summed E-state index contributed by atoms with van der Waals surface area (Å²) >= 11 is 6.89. The van der Waals surface area contributed by atoms with Gasteiger partial charge in [0.2, 0.25) is 0 Å². The molecule has 0 aliphatic heterocycles. The molecule has 2 heterocycles. The molecule has 0 saturated heterocycles. The summed E-state index contributed by atoms with van der Waals surface area (Å²) in [5.41, 5.74) is 0.279. The van der Waals surface area contributed by atoms with Crippen LogP contribution >= 0.6 is 22.9 Å². The summed E-state index contributed by atoms with van der Waals surface area (Å²) in [5, 5.41) is 3.31. The van der Waals surface area contributed by atoms with Gasteiger partial charge in [0.1, 0.15) is 10.7 Å². The summed E-state index contributed by atoms with van der Waals surface area (Å²) in [6, 6.07) is 5.50. The van der Waals surface area contributed by atoms with Crippen LogP contribution in [0.15, 0.2) is 42.9 Å². The third kappa shape index (κ3) is 3.26. The number of hydrogen-bond acceptors (Lipinski definition) is 5. The van der Waals surface area contributed by atoms with Crippen LogP contribution < -0.4 is 5.32 Å². The summed E-state index contributed by atoms with van der Waals surface area (Å²) in [7, 11) is 0. The second-order valence-corrected chi connectivity index (χ2v) is 5.68. The predicted molar refractivity (Wildman–Crippen MR) is 82.5 cm³/mol. The van der Waals surface area contributed by atoms with Gasteiger partial charge in [-0.1, -0.05) is 11.6 Å². The molecule has 0 bridgehead atoms. The Morgan fingerprint density at radius 2 is 1.95 bits per heavy atom. The Bertz CT molecular complexity index is 804. The maximum absolute atomic E-state index is 13.2. The molecule has 1 N–H and O–H groups in total. The van der Waals surface area contributed by atoms with Gasteiger partial charge in [-0.15, -0.1) is 11.3 Å². The maximum atomic E-state index is 13.2. The molecule has 8 heteroatoms. The molecule has 0 fully saturated rings. The molecule has 3 rings (SSSR count). The summed E-state index contributed by atoms with van der Waals surface area (Å²) in [5.74, 6) is -0.479. The standard InChI is InChI=1S/C14H8ClFN4OS/c15-8-4-9(16)6-10(5-8)20-13(21)11-7-19-14(22-11)12-17-2-1-3-18-12/h1-7H,(H,20,21). The SMILES string of the molecule is O=C(Nc1cc(F)cc(Cl)c1)c1cnc(-c2ncccn2)s1. The lowest BCUT2D eigenvalue weighted by molar-refractivity contribution is 0.103. The van der Waals surface area contributed by atoms with Gasteiger partial charge in [-0.2, -0.15) is 0 Å². The quantitative estimate of drug-likeness (QED) is 0.794. The van der Waals surface area contributed by atoms with Crippen molar-refractivity contribution in [2.75, 3.05) is 5.32 Å². The van der Waals surface area contributed by atoms with Gasteiger partial charge in [0.25, 0.3) is 5.91 Å². The molecule has 0 aliphatic carbocycles. The fourth-order valence-corrected chi connectivity index (χ4v) is 2.69. The van der Waals surface area contributed by atoms with Crippen molar-refractivity contribution in [1.82, 2.24) is 15.0 Å². The van der Waals surface area contributed by atoms with Gasteiger partial charge in [-0.05, 0) is 24.3 Å². The first-order valence-electron chi connectivity index (χ1n) is 6.12. The number of amides is 1.